The van der Waals surface area contributed by atoms with Crippen LogP contribution < -0.4 is 10.6 Å². The average molecular weight is 507 g/mol. The van der Waals surface area contributed by atoms with Gasteiger partial charge in [0.05, 0.1) is 11.1 Å². The molecule has 1 fully saturated rings. The molecule has 1 aliphatic carbocycles. The van der Waals surface area contributed by atoms with Gasteiger partial charge in [-0.1, -0.05) is 73.5 Å². The van der Waals surface area contributed by atoms with Crippen LogP contribution in [0.3, 0.4) is 0 Å². The van der Waals surface area contributed by atoms with Gasteiger partial charge in [0.2, 0.25) is 0 Å². The summed E-state index contributed by atoms with van der Waals surface area (Å²) in [5.74, 6) is -0.849. The van der Waals surface area contributed by atoms with Crippen LogP contribution in [0.5, 0.6) is 11.5 Å². The molecule has 0 aromatic heterocycles. The first kappa shape index (κ1) is 24.0. The van der Waals surface area contributed by atoms with Gasteiger partial charge in [-0.3, -0.25) is 9.59 Å². The van der Waals surface area contributed by atoms with Crippen molar-refractivity contribution in [2.24, 2.45) is 0 Å². The fourth-order valence-corrected chi connectivity index (χ4v) is 6.06. The molecule has 2 atom stereocenters. The predicted molar refractivity (Wildman–Crippen MR) is 149 cm³/mol. The number of hydrogen-bond donors (Lipinski definition) is 4. The van der Waals surface area contributed by atoms with Crippen molar-refractivity contribution in [3.8, 4) is 11.5 Å². The Hall–Kier alpha value is -4.32. The van der Waals surface area contributed by atoms with E-state index in [0.29, 0.717) is 36.8 Å². The summed E-state index contributed by atoms with van der Waals surface area (Å²) in [4.78, 5) is 27.0. The Bertz CT molecular complexity index is 1500. The molecule has 4 aromatic carbocycles. The third kappa shape index (κ3) is 4.16. The first-order chi connectivity index (χ1) is 18.4. The van der Waals surface area contributed by atoms with Crippen LogP contribution in [0.1, 0.15) is 57.5 Å². The quantitative estimate of drug-likeness (QED) is 0.236. The smallest absolute Gasteiger partial charge is 0.255 e. The second-order valence-electron chi connectivity index (χ2n) is 10.5. The molecular formula is C32H30N2O4. The van der Waals surface area contributed by atoms with E-state index in [1.165, 1.54) is 0 Å². The minimum Gasteiger partial charge on any atom is -0.507 e. The van der Waals surface area contributed by atoms with Crippen LogP contribution in [0.2, 0.25) is 0 Å². The molecular weight excluding hydrogens is 476 g/mol. The van der Waals surface area contributed by atoms with E-state index in [1.807, 2.05) is 48.5 Å². The molecule has 0 unspecified atom stereocenters. The maximum atomic E-state index is 13.5. The van der Waals surface area contributed by atoms with E-state index in [0.717, 1.165) is 40.0 Å². The SMILES string of the molecule is C=C1Cc2c(O)c(cc3ccccc23)C(=O)N[C@H]2CCCC[C@@H]2NC(=O)c2cc3ccccc3c(c2O)C1. The Morgan fingerprint density at radius 2 is 1.11 bits per heavy atom. The highest BCUT2D eigenvalue weighted by Crippen LogP contribution is 2.37. The van der Waals surface area contributed by atoms with E-state index in [-0.39, 0.29) is 46.5 Å². The molecule has 4 aromatic rings. The molecule has 0 spiro atoms. The molecule has 192 valence electrons. The van der Waals surface area contributed by atoms with Gasteiger partial charge in [-0.15, -0.1) is 0 Å². The number of carbonyl (C=O) groups is 2. The molecule has 1 saturated carbocycles. The highest BCUT2D eigenvalue weighted by atomic mass is 16.3. The monoisotopic (exact) mass is 506 g/mol. The molecule has 2 aliphatic rings. The number of rotatable bonds is 0. The van der Waals surface area contributed by atoms with Crippen LogP contribution in [0, 0.1) is 0 Å². The van der Waals surface area contributed by atoms with Crippen LogP contribution in [0.4, 0.5) is 0 Å². The van der Waals surface area contributed by atoms with Gasteiger partial charge in [-0.05, 0) is 59.4 Å². The minimum atomic E-state index is -0.365. The standard InChI is InChI=1S/C32H30N2O4/c1-18-14-23-21-10-4-2-8-19(21)16-25(29(23)35)31(37)33-27-12-6-7-13-28(27)34-32(38)26-17-20-9-3-5-11-22(20)24(15-18)30(26)36/h2-5,8-11,16-17,27-28,35-36H,1,6-7,12-15H2,(H,33,37)(H,34,38)/t27-,28-/m0/s1. The third-order valence-corrected chi connectivity index (χ3v) is 8.00. The van der Waals surface area contributed by atoms with Gasteiger partial charge in [0.1, 0.15) is 11.5 Å². The Kier molecular flexibility index (Phi) is 6.03. The van der Waals surface area contributed by atoms with Crippen LogP contribution in [-0.4, -0.2) is 34.1 Å². The van der Waals surface area contributed by atoms with Crippen molar-refractivity contribution >= 4 is 33.4 Å². The zero-order valence-corrected chi connectivity index (χ0v) is 21.1. The molecule has 1 heterocycles. The highest BCUT2D eigenvalue weighted by Gasteiger charge is 2.31. The van der Waals surface area contributed by atoms with Gasteiger partial charge in [0, 0.05) is 23.2 Å². The van der Waals surface area contributed by atoms with E-state index >= 15 is 0 Å². The molecule has 1 aliphatic heterocycles. The Labute approximate surface area is 221 Å². The molecule has 0 saturated heterocycles. The van der Waals surface area contributed by atoms with Crippen molar-refractivity contribution < 1.29 is 19.8 Å². The molecule has 38 heavy (non-hydrogen) atoms. The lowest BCUT2D eigenvalue weighted by Gasteiger charge is -2.33. The van der Waals surface area contributed by atoms with Gasteiger partial charge in [0.15, 0.2) is 0 Å². The summed E-state index contributed by atoms with van der Waals surface area (Å²) in [7, 11) is 0. The molecule has 4 bridgehead atoms. The lowest BCUT2D eigenvalue weighted by molar-refractivity contribution is 0.0859. The van der Waals surface area contributed by atoms with E-state index in [9.17, 15) is 19.8 Å². The van der Waals surface area contributed by atoms with E-state index in [1.54, 1.807) is 12.1 Å². The summed E-state index contributed by atoms with van der Waals surface area (Å²) in [6.45, 7) is 4.28. The lowest BCUT2D eigenvalue weighted by atomic mass is 9.89. The summed E-state index contributed by atoms with van der Waals surface area (Å²) in [6.07, 6.45) is 3.90. The third-order valence-electron chi connectivity index (χ3n) is 8.00. The van der Waals surface area contributed by atoms with Gasteiger partial charge >= 0.3 is 0 Å². The number of allylic oxidation sites excluding steroid dienone is 1. The van der Waals surface area contributed by atoms with E-state index < -0.39 is 0 Å². The summed E-state index contributed by atoms with van der Waals surface area (Å²) in [5.41, 5.74) is 2.42. The Morgan fingerprint density at radius 1 is 0.684 bits per heavy atom. The molecule has 6 nitrogen and oxygen atoms in total. The average Bonchev–Trinajstić information content (AvgIpc) is 2.92. The van der Waals surface area contributed by atoms with Crippen LogP contribution in [0.15, 0.2) is 72.8 Å². The fourth-order valence-electron chi connectivity index (χ4n) is 6.06. The second-order valence-corrected chi connectivity index (χ2v) is 10.5. The van der Waals surface area contributed by atoms with E-state index in [4.69, 9.17) is 0 Å². The van der Waals surface area contributed by atoms with E-state index in [2.05, 4.69) is 17.2 Å². The lowest BCUT2D eigenvalue weighted by Crippen LogP contribution is -2.53. The minimum absolute atomic E-state index is 0.0588. The number of phenols is 2. The zero-order chi connectivity index (χ0) is 26.4. The Balaban J connectivity index is 1.55. The summed E-state index contributed by atoms with van der Waals surface area (Å²) in [6, 6.07) is 18.2. The van der Waals surface area contributed by atoms with Crippen molar-refractivity contribution in [3.05, 3.63) is 95.1 Å². The van der Waals surface area contributed by atoms with Crippen molar-refractivity contribution in [2.75, 3.05) is 0 Å². The number of amides is 2. The maximum Gasteiger partial charge on any atom is 0.255 e. The first-order valence-electron chi connectivity index (χ1n) is 13.2. The maximum absolute atomic E-state index is 13.5. The van der Waals surface area contributed by atoms with Crippen molar-refractivity contribution in [2.45, 2.75) is 50.6 Å². The number of fused-ring (bicyclic) bond motifs is 9. The Morgan fingerprint density at radius 3 is 1.55 bits per heavy atom. The molecule has 6 rings (SSSR count). The second kappa shape index (κ2) is 9.53. The molecule has 2 amide bonds. The summed E-state index contributed by atoms with van der Waals surface area (Å²) < 4.78 is 0. The van der Waals surface area contributed by atoms with Gasteiger partial charge in [-0.2, -0.15) is 0 Å². The topological polar surface area (TPSA) is 98.7 Å². The summed E-state index contributed by atoms with van der Waals surface area (Å²) >= 11 is 0. The van der Waals surface area contributed by atoms with Gasteiger partial charge < -0.3 is 20.8 Å². The normalized spacial score (nSPS) is 20.3. The number of carbonyl (C=O) groups excluding carboxylic acids is 2. The zero-order valence-electron chi connectivity index (χ0n) is 21.1. The fraction of sp³-hybridized carbons (Fsp3) is 0.250. The first-order valence-corrected chi connectivity index (χ1v) is 13.2. The number of hydrogen-bond acceptors (Lipinski definition) is 4. The number of nitrogens with one attached hydrogen (secondary N) is 2. The summed E-state index contributed by atoms with van der Waals surface area (Å²) in [5, 5.41) is 32.3. The number of aromatic hydroxyl groups is 2. The van der Waals surface area contributed by atoms with Crippen molar-refractivity contribution in [1.82, 2.24) is 10.6 Å². The molecule has 6 heteroatoms. The van der Waals surface area contributed by atoms with Crippen LogP contribution in [0.25, 0.3) is 21.5 Å². The number of phenolic OH excluding ortho intramolecular Hbond substituents is 2. The van der Waals surface area contributed by atoms with Crippen molar-refractivity contribution in [3.63, 3.8) is 0 Å². The highest BCUT2D eigenvalue weighted by molar-refractivity contribution is 6.05. The number of benzene rings is 4. The van der Waals surface area contributed by atoms with Crippen LogP contribution >= 0.6 is 0 Å². The van der Waals surface area contributed by atoms with Crippen molar-refractivity contribution in [1.29, 1.82) is 0 Å². The van der Waals surface area contributed by atoms with Gasteiger partial charge in [-0.25, -0.2) is 0 Å². The van der Waals surface area contributed by atoms with Crippen LogP contribution in [-0.2, 0) is 12.8 Å². The largest absolute Gasteiger partial charge is 0.507 e. The van der Waals surface area contributed by atoms with Gasteiger partial charge in [0.25, 0.3) is 11.8 Å². The molecule has 4 N–H and O–H groups in total. The predicted octanol–water partition coefficient (Wildman–Crippen LogP) is 5.53. The molecule has 0 radical (unpaired) electrons.